The Balaban J connectivity index is 2.01. The van der Waals surface area contributed by atoms with E-state index in [1.54, 1.807) is 0 Å². The molecular weight excluding hydrogens is 308 g/mol. The van der Waals surface area contributed by atoms with Crippen LogP contribution in [0, 0.1) is 0 Å². The Morgan fingerprint density at radius 1 is 1.17 bits per heavy atom. The van der Waals surface area contributed by atoms with Gasteiger partial charge >= 0.3 is 5.97 Å². The molecule has 1 rings (SSSR count). The fourth-order valence-electron chi connectivity index (χ4n) is 2.82. The van der Waals surface area contributed by atoms with Crippen molar-refractivity contribution in [3.05, 3.63) is 12.2 Å². The average molecular weight is 342 g/mol. The third-order valence-corrected chi connectivity index (χ3v) is 4.46. The molecule has 0 aromatic heterocycles. The molecule has 5 nitrogen and oxygen atoms in total. The molecule has 140 valence electrons. The summed E-state index contributed by atoms with van der Waals surface area (Å²) in [4.78, 5) is 15.5. The van der Waals surface area contributed by atoms with Gasteiger partial charge in [0.2, 0.25) is 0 Å². The van der Waals surface area contributed by atoms with Crippen molar-refractivity contribution in [2.24, 2.45) is 0 Å². The van der Waals surface area contributed by atoms with Gasteiger partial charge in [-0.25, -0.2) is 4.89 Å². The predicted molar refractivity (Wildman–Crippen MR) is 93.8 cm³/mol. The summed E-state index contributed by atoms with van der Waals surface area (Å²) in [7, 11) is 1.42. The molecule has 1 aliphatic rings. The van der Waals surface area contributed by atoms with E-state index >= 15 is 0 Å². The Bertz CT molecular complexity index is 356. The van der Waals surface area contributed by atoms with Crippen LogP contribution in [0.5, 0.6) is 0 Å². The van der Waals surface area contributed by atoms with Crippen molar-refractivity contribution in [3.63, 3.8) is 0 Å². The number of rotatable bonds is 15. The monoisotopic (exact) mass is 342 g/mol. The summed E-state index contributed by atoms with van der Waals surface area (Å²) in [6.45, 7) is 2.20. The summed E-state index contributed by atoms with van der Waals surface area (Å²) in [6, 6.07) is 0. The van der Waals surface area contributed by atoms with E-state index in [1.165, 1.54) is 26.4 Å². The third-order valence-electron chi connectivity index (χ3n) is 4.46. The molecule has 5 heteroatoms. The van der Waals surface area contributed by atoms with Crippen LogP contribution in [0.2, 0.25) is 0 Å². The summed E-state index contributed by atoms with van der Waals surface area (Å²) >= 11 is 0. The van der Waals surface area contributed by atoms with Crippen LogP contribution in [-0.4, -0.2) is 36.6 Å². The first-order valence-corrected chi connectivity index (χ1v) is 9.42. The molecule has 0 spiro atoms. The molecular formula is C19H34O5. The van der Waals surface area contributed by atoms with Crippen LogP contribution in [0.4, 0.5) is 0 Å². The first-order chi connectivity index (χ1) is 11.7. The van der Waals surface area contributed by atoms with Crippen LogP contribution in [0.15, 0.2) is 12.2 Å². The Morgan fingerprint density at radius 2 is 1.92 bits per heavy atom. The largest absolute Gasteiger partial charge is 0.469 e. The Kier molecular flexibility index (Phi) is 11.8. The molecule has 0 amide bonds. The van der Waals surface area contributed by atoms with Crippen molar-refractivity contribution >= 4 is 5.97 Å². The van der Waals surface area contributed by atoms with E-state index in [0.717, 1.165) is 44.9 Å². The minimum atomic E-state index is -0.249. The lowest BCUT2D eigenvalue weighted by Gasteiger charge is -2.08. The van der Waals surface area contributed by atoms with Gasteiger partial charge in [0, 0.05) is 6.42 Å². The van der Waals surface area contributed by atoms with Gasteiger partial charge in [-0.15, -0.1) is 0 Å². The van der Waals surface area contributed by atoms with Gasteiger partial charge in [-0.05, 0) is 19.3 Å². The van der Waals surface area contributed by atoms with E-state index in [0.29, 0.717) is 12.5 Å². The second kappa shape index (κ2) is 13.4. The average Bonchev–Trinajstić information content (AvgIpc) is 3.35. The molecule has 1 fully saturated rings. The molecule has 1 heterocycles. The van der Waals surface area contributed by atoms with Gasteiger partial charge in [0.25, 0.3) is 0 Å². The standard InChI is InChI=1S/C19H34O5/c1-3-4-8-12-17-18(23-17)15-14-16(24-21)11-9-6-5-7-10-13-19(20)22-2/h14-18,21H,3-13H2,1-2H3. The summed E-state index contributed by atoms with van der Waals surface area (Å²) in [5.41, 5.74) is 0. The molecule has 1 N–H and O–H groups in total. The van der Waals surface area contributed by atoms with Crippen molar-refractivity contribution in [1.82, 2.24) is 0 Å². The quantitative estimate of drug-likeness (QED) is 0.117. The molecule has 0 radical (unpaired) electrons. The maximum atomic E-state index is 11.0. The van der Waals surface area contributed by atoms with E-state index < -0.39 is 0 Å². The fourth-order valence-corrected chi connectivity index (χ4v) is 2.82. The second-order valence-corrected chi connectivity index (χ2v) is 6.55. The number of carbonyl (C=O) groups excluding carboxylic acids is 1. The lowest BCUT2D eigenvalue weighted by atomic mass is 10.1. The SMILES string of the molecule is CCCCCC1OC1C=CC(CCCCCCCC(=O)OC)OO. The van der Waals surface area contributed by atoms with Gasteiger partial charge in [0.15, 0.2) is 0 Å². The van der Waals surface area contributed by atoms with Crippen LogP contribution < -0.4 is 0 Å². The summed E-state index contributed by atoms with van der Waals surface area (Å²) < 4.78 is 10.2. The minimum absolute atomic E-state index is 0.135. The van der Waals surface area contributed by atoms with E-state index in [9.17, 15) is 4.79 Å². The zero-order valence-corrected chi connectivity index (χ0v) is 15.2. The van der Waals surface area contributed by atoms with Crippen LogP contribution in [0.3, 0.4) is 0 Å². The lowest BCUT2D eigenvalue weighted by Crippen LogP contribution is -2.07. The van der Waals surface area contributed by atoms with Gasteiger partial charge in [-0.3, -0.25) is 10.1 Å². The lowest BCUT2D eigenvalue weighted by molar-refractivity contribution is -0.267. The second-order valence-electron chi connectivity index (χ2n) is 6.55. The van der Waals surface area contributed by atoms with E-state index in [-0.39, 0.29) is 18.2 Å². The zero-order chi connectivity index (χ0) is 17.6. The fraction of sp³-hybridized carbons (Fsp3) is 0.842. The molecule has 3 unspecified atom stereocenters. The predicted octanol–water partition coefficient (Wildman–Crippen LogP) is 4.65. The number of hydrogen-bond donors (Lipinski definition) is 1. The highest BCUT2D eigenvalue weighted by Crippen LogP contribution is 2.28. The van der Waals surface area contributed by atoms with Crippen LogP contribution in [0.25, 0.3) is 0 Å². The van der Waals surface area contributed by atoms with Crippen molar-refractivity contribution in [2.75, 3.05) is 7.11 Å². The topological polar surface area (TPSA) is 68.3 Å². The Labute approximate surface area is 146 Å². The van der Waals surface area contributed by atoms with Gasteiger partial charge in [-0.2, -0.15) is 0 Å². The van der Waals surface area contributed by atoms with Gasteiger partial charge in [0.1, 0.15) is 12.2 Å². The first kappa shape index (κ1) is 21.1. The minimum Gasteiger partial charge on any atom is -0.469 e. The van der Waals surface area contributed by atoms with Crippen LogP contribution in [0.1, 0.15) is 77.6 Å². The Morgan fingerprint density at radius 3 is 2.62 bits per heavy atom. The van der Waals surface area contributed by atoms with Crippen molar-refractivity contribution < 1.29 is 24.4 Å². The van der Waals surface area contributed by atoms with Crippen LogP contribution >= 0.6 is 0 Å². The van der Waals surface area contributed by atoms with Gasteiger partial charge in [0.05, 0.1) is 13.2 Å². The Hall–Kier alpha value is -0.910. The first-order valence-electron chi connectivity index (χ1n) is 9.42. The number of epoxide rings is 1. The zero-order valence-electron chi connectivity index (χ0n) is 15.2. The van der Waals surface area contributed by atoms with Gasteiger partial charge in [-0.1, -0.05) is 64.0 Å². The number of esters is 1. The van der Waals surface area contributed by atoms with E-state index in [4.69, 9.17) is 9.99 Å². The number of ether oxygens (including phenoxy) is 2. The van der Waals surface area contributed by atoms with Crippen LogP contribution in [-0.2, 0) is 19.2 Å². The maximum Gasteiger partial charge on any atom is 0.305 e. The number of carbonyl (C=O) groups is 1. The smallest absolute Gasteiger partial charge is 0.305 e. The summed E-state index contributed by atoms with van der Waals surface area (Å²) in [5.74, 6) is -0.135. The van der Waals surface area contributed by atoms with Crippen molar-refractivity contribution in [2.45, 2.75) is 95.9 Å². The molecule has 1 aliphatic heterocycles. The molecule has 0 aliphatic carbocycles. The number of unbranched alkanes of at least 4 members (excludes halogenated alkanes) is 6. The van der Waals surface area contributed by atoms with E-state index in [1.807, 2.05) is 12.2 Å². The molecule has 0 bridgehead atoms. The highest BCUT2D eigenvalue weighted by Gasteiger charge is 2.35. The molecule has 24 heavy (non-hydrogen) atoms. The maximum absolute atomic E-state index is 11.0. The highest BCUT2D eigenvalue weighted by atomic mass is 17.1. The van der Waals surface area contributed by atoms with Crippen molar-refractivity contribution in [3.8, 4) is 0 Å². The third kappa shape index (κ3) is 10.1. The van der Waals surface area contributed by atoms with Crippen molar-refractivity contribution in [1.29, 1.82) is 0 Å². The highest BCUT2D eigenvalue weighted by molar-refractivity contribution is 5.68. The summed E-state index contributed by atoms with van der Waals surface area (Å²) in [6.07, 6.45) is 15.5. The molecule has 0 aromatic carbocycles. The van der Waals surface area contributed by atoms with Gasteiger partial charge < -0.3 is 9.47 Å². The molecule has 0 saturated carbocycles. The molecule has 1 saturated heterocycles. The molecule has 3 atom stereocenters. The number of methoxy groups -OCH3 is 1. The number of hydrogen-bond acceptors (Lipinski definition) is 5. The summed E-state index contributed by atoms with van der Waals surface area (Å²) in [5, 5.41) is 8.98. The normalized spacial score (nSPS) is 21.1. The van der Waals surface area contributed by atoms with E-state index in [2.05, 4.69) is 16.5 Å². The molecule has 0 aromatic rings.